The van der Waals surface area contributed by atoms with Gasteiger partial charge in [-0.05, 0) is 75.6 Å². The summed E-state index contributed by atoms with van der Waals surface area (Å²) in [7, 11) is 0. The molecule has 4 amide bonds. The number of ether oxygens (including phenoxy) is 4. The molecule has 0 saturated carbocycles. The summed E-state index contributed by atoms with van der Waals surface area (Å²) in [5.74, 6) is 0.141. The van der Waals surface area contributed by atoms with E-state index < -0.39 is 17.8 Å². The van der Waals surface area contributed by atoms with Crippen molar-refractivity contribution in [3.05, 3.63) is 95.1 Å². The highest BCUT2D eigenvalue weighted by Crippen LogP contribution is 2.37. The Hall–Kier alpha value is -5.05. The summed E-state index contributed by atoms with van der Waals surface area (Å²) in [6, 6.07) is 15.5. The van der Waals surface area contributed by atoms with Crippen molar-refractivity contribution >= 4 is 29.6 Å². The van der Waals surface area contributed by atoms with Crippen LogP contribution in [0.15, 0.2) is 72.8 Å². The fourth-order valence-corrected chi connectivity index (χ4v) is 4.71. The van der Waals surface area contributed by atoms with Crippen LogP contribution in [0.3, 0.4) is 0 Å². The molecule has 0 bridgehead atoms. The van der Waals surface area contributed by atoms with Crippen LogP contribution in [0.2, 0.25) is 0 Å². The summed E-state index contributed by atoms with van der Waals surface area (Å²) < 4.78 is 23.4. The van der Waals surface area contributed by atoms with Gasteiger partial charge in [-0.25, -0.2) is 9.69 Å². The standard InChI is InChI=1S/C34H36N2O7/c1-6-11-25-17-24(19-30(42-9-4)31(25)43-21-23-13-10-12-22(5)16-23)18-27-32(37)35-34(39)36(33(27)38)28-20-26(40-7-2)14-15-29(28)41-8-3/h6,10,12-20H,1,7-9,11,21H2,2-5H3,(H,35,37,39)/b27-18+. The van der Waals surface area contributed by atoms with E-state index in [1.54, 1.807) is 31.2 Å². The molecule has 0 aromatic heterocycles. The Morgan fingerprint density at radius 2 is 1.60 bits per heavy atom. The number of benzene rings is 3. The lowest BCUT2D eigenvalue weighted by atomic mass is 10.0. The van der Waals surface area contributed by atoms with E-state index in [2.05, 4.69) is 11.9 Å². The Kier molecular flexibility index (Phi) is 10.2. The summed E-state index contributed by atoms with van der Waals surface area (Å²) in [5, 5.41) is 2.27. The van der Waals surface area contributed by atoms with Crippen molar-refractivity contribution in [1.29, 1.82) is 0 Å². The molecule has 1 aliphatic rings. The molecule has 0 spiro atoms. The zero-order valence-electron chi connectivity index (χ0n) is 24.9. The van der Waals surface area contributed by atoms with Gasteiger partial charge in [-0.1, -0.05) is 35.9 Å². The van der Waals surface area contributed by atoms with Crippen LogP contribution in [0, 0.1) is 6.92 Å². The second-order valence-corrected chi connectivity index (χ2v) is 9.66. The predicted octanol–water partition coefficient (Wildman–Crippen LogP) is 6.17. The van der Waals surface area contributed by atoms with Crippen molar-refractivity contribution in [3.8, 4) is 23.0 Å². The predicted molar refractivity (Wildman–Crippen MR) is 165 cm³/mol. The molecule has 3 aromatic rings. The largest absolute Gasteiger partial charge is 0.494 e. The third-order valence-electron chi connectivity index (χ3n) is 6.48. The monoisotopic (exact) mass is 584 g/mol. The third kappa shape index (κ3) is 7.24. The van der Waals surface area contributed by atoms with Crippen LogP contribution in [0.1, 0.15) is 43.0 Å². The van der Waals surface area contributed by atoms with Gasteiger partial charge in [-0.3, -0.25) is 14.9 Å². The van der Waals surface area contributed by atoms with Gasteiger partial charge in [0.15, 0.2) is 11.5 Å². The minimum atomic E-state index is -0.885. The molecule has 3 aromatic carbocycles. The molecule has 1 fully saturated rings. The fourth-order valence-electron chi connectivity index (χ4n) is 4.71. The number of aryl methyl sites for hydroxylation is 1. The lowest BCUT2D eigenvalue weighted by Crippen LogP contribution is -2.54. The first-order valence-corrected chi connectivity index (χ1v) is 14.2. The highest BCUT2D eigenvalue weighted by molar-refractivity contribution is 6.39. The Labute approximate surface area is 251 Å². The topological polar surface area (TPSA) is 103 Å². The van der Waals surface area contributed by atoms with Crippen molar-refractivity contribution < 1.29 is 33.3 Å². The molecule has 0 atom stereocenters. The molecule has 0 unspecified atom stereocenters. The number of anilines is 1. The van der Waals surface area contributed by atoms with E-state index >= 15 is 0 Å². The number of allylic oxidation sites excluding steroid dienone is 1. The van der Waals surface area contributed by atoms with Crippen LogP contribution < -0.4 is 29.2 Å². The van der Waals surface area contributed by atoms with Gasteiger partial charge in [-0.15, -0.1) is 6.58 Å². The van der Waals surface area contributed by atoms with Crippen molar-refractivity contribution in [2.75, 3.05) is 24.7 Å². The lowest BCUT2D eigenvalue weighted by molar-refractivity contribution is -0.122. The highest BCUT2D eigenvalue weighted by Gasteiger charge is 2.38. The van der Waals surface area contributed by atoms with Crippen LogP contribution in [-0.4, -0.2) is 37.7 Å². The third-order valence-corrected chi connectivity index (χ3v) is 6.48. The normalized spacial score (nSPS) is 14.0. The molecule has 1 saturated heterocycles. The second kappa shape index (κ2) is 14.2. The number of carbonyl (C=O) groups is 3. The average Bonchev–Trinajstić information content (AvgIpc) is 2.96. The van der Waals surface area contributed by atoms with Crippen molar-refractivity contribution in [1.82, 2.24) is 5.32 Å². The van der Waals surface area contributed by atoms with Gasteiger partial charge in [0.1, 0.15) is 23.7 Å². The molecular formula is C34H36N2O7. The van der Waals surface area contributed by atoms with Gasteiger partial charge in [0.2, 0.25) is 0 Å². The molecule has 43 heavy (non-hydrogen) atoms. The number of barbiturate groups is 1. The molecule has 224 valence electrons. The van der Waals surface area contributed by atoms with Crippen molar-refractivity contribution in [2.45, 2.75) is 40.7 Å². The summed E-state index contributed by atoms with van der Waals surface area (Å²) in [6.07, 6.45) is 3.62. The van der Waals surface area contributed by atoms with E-state index in [0.717, 1.165) is 21.6 Å². The maximum Gasteiger partial charge on any atom is 0.336 e. The molecule has 1 heterocycles. The van der Waals surface area contributed by atoms with Gasteiger partial charge in [0.25, 0.3) is 11.8 Å². The SMILES string of the molecule is C=CCc1cc(/C=C2\C(=O)NC(=O)N(c3cc(OCC)ccc3OCC)C2=O)cc(OCC)c1OCc1cccc(C)c1. The van der Waals surface area contributed by atoms with Gasteiger partial charge < -0.3 is 18.9 Å². The Morgan fingerprint density at radius 3 is 2.30 bits per heavy atom. The summed E-state index contributed by atoms with van der Waals surface area (Å²) in [5.41, 5.74) is 3.34. The Morgan fingerprint density at radius 1 is 0.860 bits per heavy atom. The molecule has 0 radical (unpaired) electrons. The molecule has 4 rings (SSSR count). The number of hydrogen-bond donors (Lipinski definition) is 1. The Balaban J connectivity index is 1.75. The van der Waals surface area contributed by atoms with Crippen LogP contribution in [0.5, 0.6) is 23.0 Å². The van der Waals surface area contributed by atoms with E-state index in [9.17, 15) is 14.4 Å². The maximum atomic E-state index is 13.8. The fraction of sp³-hybridized carbons (Fsp3) is 0.265. The molecular weight excluding hydrogens is 548 g/mol. The number of carbonyl (C=O) groups excluding carboxylic acids is 3. The number of nitrogens with zero attached hydrogens (tertiary/aromatic N) is 1. The van der Waals surface area contributed by atoms with Crippen molar-refractivity contribution in [2.24, 2.45) is 0 Å². The number of amides is 4. The van der Waals surface area contributed by atoms with Crippen LogP contribution >= 0.6 is 0 Å². The number of hydrogen-bond acceptors (Lipinski definition) is 7. The van der Waals surface area contributed by atoms with E-state index in [0.29, 0.717) is 61.4 Å². The average molecular weight is 585 g/mol. The number of nitrogens with one attached hydrogen (secondary N) is 1. The van der Waals surface area contributed by atoms with Gasteiger partial charge in [-0.2, -0.15) is 0 Å². The molecule has 0 aliphatic carbocycles. The minimum Gasteiger partial charge on any atom is -0.494 e. The summed E-state index contributed by atoms with van der Waals surface area (Å²) >= 11 is 0. The first-order chi connectivity index (χ1) is 20.8. The van der Waals surface area contributed by atoms with Crippen LogP contribution in [0.25, 0.3) is 6.08 Å². The first kappa shape index (κ1) is 30.9. The number of urea groups is 1. The van der Waals surface area contributed by atoms with Gasteiger partial charge in [0, 0.05) is 11.6 Å². The van der Waals surface area contributed by atoms with E-state index in [1.807, 2.05) is 51.1 Å². The van der Waals surface area contributed by atoms with E-state index in [-0.39, 0.29) is 11.3 Å². The zero-order valence-corrected chi connectivity index (χ0v) is 24.9. The number of imide groups is 2. The summed E-state index contributed by atoms with van der Waals surface area (Å²) in [6.45, 7) is 12.7. The van der Waals surface area contributed by atoms with Gasteiger partial charge in [0.05, 0.1) is 25.5 Å². The van der Waals surface area contributed by atoms with Crippen LogP contribution in [-0.2, 0) is 22.6 Å². The number of rotatable bonds is 13. The molecule has 1 N–H and O–H groups in total. The van der Waals surface area contributed by atoms with Gasteiger partial charge >= 0.3 is 6.03 Å². The van der Waals surface area contributed by atoms with E-state index in [1.165, 1.54) is 12.1 Å². The first-order valence-electron chi connectivity index (χ1n) is 14.2. The zero-order chi connectivity index (χ0) is 30.9. The highest BCUT2D eigenvalue weighted by atomic mass is 16.5. The summed E-state index contributed by atoms with van der Waals surface area (Å²) in [4.78, 5) is 40.6. The molecule has 9 heteroatoms. The van der Waals surface area contributed by atoms with Crippen molar-refractivity contribution in [3.63, 3.8) is 0 Å². The molecule has 9 nitrogen and oxygen atoms in total. The smallest absolute Gasteiger partial charge is 0.336 e. The minimum absolute atomic E-state index is 0.163. The maximum absolute atomic E-state index is 13.8. The van der Waals surface area contributed by atoms with E-state index in [4.69, 9.17) is 18.9 Å². The quantitative estimate of drug-likeness (QED) is 0.146. The lowest BCUT2D eigenvalue weighted by Gasteiger charge is -2.28. The second-order valence-electron chi connectivity index (χ2n) is 9.66. The van der Waals surface area contributed by atoms with Crippen LogP contribution in [0.4, 0.5) is 10.5 Å². The molecule has 1 aliphatic heterocycles. The Bertz CT molecular complexity index is 1560.